The molecule has 2 heterocycles. The Bertz CT molecular complexity index is 1460. The Morgan fingerprint density at radius 3 is 2.19 bits per heavy atom. The molecule has 0 N–H and O–H groups in total. The quantitative estimate of drug-likeness (QED) is 0.343. The van der Waals surface area contributed by atoms with E-state index in [1.807, 2.05) is 49.4 Å². The van der Waals surface area contributed by atoms with Crippen LogP contribution in [0.4, 0.5) is 0 Å². The van der Waals surface area contributed by atoms with E-state index in [9.17, 15) is 9.59 Å². The van der Waals surface area contributed by atoms with E-state index in [0.717, 1.165) is 5.56 Å². The summed E-state index contributed by atoms with van der Waals surface area (Å²) in [7, 11) is 0. The number of benzene rings is 3. The molecule has 5 heteroatoms. The zero-order valence-electron chi connectivity index (χ0n) is 14.6. The van der Waals surface area contributed by atoms with Crippen LogP contribution in [0.3, 0.4) is 0 Å². The summed E-state index contributed by atoms with van der Waals surface area (Å²) < 4.78 is 3.04. The number of hydrogen-bond acceptors (Lipinski definition) is 3. The summed E-state index contributed by atoms with van der Waals surface area (Å²) in [6, 6.07) is 21.9. The largest absolute Gasteiger partial charge is 0.268 e. The minimum absolute atomic E-state index is 0.187. The van der Waals surface area contributed by atoms with Gasteiger partial charge in [0.15, 0.2) is 0 Å². The molecular formula is C22H15N3O2. The van der Waals surface area contributed by atoms with Crippen molar-refractivity contribution in [1.29, 1.82) is 0 Å². The van der Waals surface area contributed by atoms with Gasteiger partial charge in [-0.15, -0.1) is 0 Å². The normalized spacial score (nSPS) is 11.4. The van der Waals surface area contributed by atoms with Gasteiger partial charge in [-0.2, -0.15) is 0 Å². The summed E-state index contributed by atoms with van der Waals surface area (Å²) in [5, 5.41) is 0.999. The maximum Gasteiger partial charge on any atom is 0.267 e. The van der Waals surface area contributed by atoms with Crippen LogP contribution < -0.4 is 11.1 Å². The van der Waals surface area contributed by atoms with Crippen molar-refractivity contribution in [2.24, 2.45) is 0 Å². The minimum Gasteiger partial charge on any atom is -0.268 e. The molecule has 0 bridgehead atoms. The maximum absolute atomic E-state index is 13.3. The van der Waals surface area contributed by atoms with Gasteiger partial charge in [-0.05, 0) is 43.3 Å². The molecule has 0 atom stereocenters. The van der Waals surface area contributed by atoms with E-state index < -0.39 is 0 Å². The number of para-hydroxylation sites is 2. The molecule has 5 aromatic rings. The lowest BCUT2D eigenvalue weighted by Crippen LogP contribution is -2.28. The number of aromatic nitrogens is 3. The number of hydrogen-bond donors (Lipinski definition) is 0. The highest BCUT2D eigenvalue weighted by Gasteiger charge is 2.16. The van der Waals surface area contributed by atoms with Crippen LogP contribution in [0.15, 0.2) is 82.4 Å². The SMILES string of the molecule is Cc1ccc(-n2c(=O)c3ccccc3n3c(=O)c4ccccc4nc23)cc1. The van der Waals surface area contributed by atoms with Gasteiger partial charge in [-0.25, -0.2) is 14.0 Å². The highest BCUT2D eigenvalue weighted by molar-refractivity contribution is 5.85. The van der Waals surface area contributed by atoms with E-state index in [1.54, 1.807) is 30.3 Å². The Kier molecular flexibility index (Phi) is 3.24. The first-order valence-electron chi connectivity index (χ1n) is 8.67. The molecule has 0 spiro atoms. The van der Waals surface area contributed by atoms with E-state index >= 15 is 0 Å². The van der Waals surface area contributed by atoms with E-state index in [-0.39, 0.29) is 11.1 Å². The fourth-order valence-electron chi connectivity index (χ4n) is 3.48. The Hall–Kier alpha value is -3.73. The molecule has 5 rings (SSSR count). The lowest BCUT2D eigenvalue weighted by Gasteiger charge is -2.14. The van der Waals surface area contributed by atoms with Crippen molar-refractivity contribution in [3.63, 3.8) is 0 Å². The predicted octanol–water partition coefficient (Wildman–Crippen LogP) is 3.46. The van der Waals surface area contributed by atoms with Crippen molar-refractivity contribution in [2.45, 2.75) is 6.92 Å². The summed E-state index contributed by atoms with van der Waals surface area (Å²) in [6.45, 7) is 1.99. The average molecular weight is 353 g/mol. The van der Waals surface area contributed by atoms with Crippen molar-refractivity contribution in [2.75, 3.05) is 0 Å². The van der Waals surface area contributed by atoms with Crippen molar-refractivity contribution in [3.05, 3.63) is 99.1 Å². The monoisotopic (exact) mass is 353 g/mol. The van der Waals surface area contributed by atoms with Gasteiger partial charge in [-0.1, -0.05) is 42.0 Å². The summed E-state index contributed by atoms with van der Waals surface area (Å²) >= 11 is 0. The van der Waals surface area contributed by atoms with Gasteiger partial charge >= 0.3 is 0 Å². The summed E-state index contributed by atoms with van der Waals surface area (Å²) in [5.41, 5.74) is 2.51. The Morgan fingerprint density at radius 2 is 1.41 bits per heavy atom. The molecule has 0 unspecified atom stereocenters. The second-order valence-electron chi connectivity index (χ2n) is 6.56. The summed E-state index contributed by atoms with van der Waals surface area (Å²) in [6.07, 6.45) is 0. The first-order valence-corrected chi connectivity index (χ1v) is 8.67. The van der Waals surface area contributed by atoms with E-state index in [0.29, 0.717) is 33.3 Å². The first-order chi connectivity index (χ1) is 13.1. The smallest absolute Gasteiger partial charge is 0.267 e. The van der Waals surface area contributed by atoms with Gasteiger partial charge in [0.05, 0.1) is 27.5 Å². The average Bonchev–Trinajstić information content (AvgIpc) is 2.69. The first kappa shape index (κ1) is 15.5. The van der Waals surface area contributed by atoms with Crippen LogP contribution in [0, 0.1) is 6.92 Å². The Balaban J connectivity index is 2.11. The predicted molar refractivity (Wildman–Crippen MR) is 107 cm³/mol. The van der Waals surface area contributed by atoms with Gasteiger partial charge in [0.25, 0.3) is 11.1 Å². The number of rotatable bonds is 1. The van der Waals surface area contributed by atoms with E-state index in [4.69, 9.17) is 0 Å². The van der Waals surface area contributed by atoms with Crippen molar-refractivity contribution in [3.8, 4) is 5.69 Å². The standard InChI is InChI=1S/C22H15N3O2/c1-14-10-12-15(13-11-14)24-21(27)17-7-3-5-9-19(17)25-20(26)16-6-2-4-8-18(16)23-22(24)25/h2-13H,1H3. The molecule has 0 saturated heterocycles. The van der Waals surface area contributed by atoms with Gasteiger partial charge in [0.1, 0.15) is 0 Å². The third-order valence-electron chi connectivity index (χ3n) is 4.83. The molecule has 0 aliphatic heterocycles. The fourth-order valence-corrected chi connectivity index (χ4v) is 3.48. The molecule has 0 fully saturated rings. The van der Waals surface area contributed by atoms with Gasteiger partial charge in [-0.3, -0.25) is 9.59 Å². The van der Waals surface area contributed by atoms with E-state index in [2.05, 4.69) is 4.98 Å². The van der Waals surface area contributed by atoms with Crippen LogP contribution in [-0.4, -0.2) is 14.0 Å². The third-order valence-corrected chi connectivity index (χ3v) is 4.83. The number of aryl methyl sites for hydroxylation is 1. The molecule has 3 aromatic carbocycles. The molecule has 0 amide bonds. The van der Waals surface area contributed by atoms with Gasteiger partial charge < -0.3 is 0 Å². The van der Waals surface area contributed by atoms with Crippen LogP contribution >= 0.6 is 0 Å². The van der Waals surface area contributed by atoms with Crippen LogP contribution in [0.1, 0.15) is 5.56 Å². The minimum atomic E-state index is -0.198. The molecule has 0 saturated carbocycles. The topological polar surface area (TPSA) is 56.4 Å². The van der Waals surface area contributed by atoms with Crippen LogP contribution in [-0.2, 0) is 0 Å². The second kappa shape index (κ2) is 5.64. The molecule has 2 aromatic heterocycles. The highest BCUT2D eigenvalue weighted by Crippen LogP contribution is 2.17. The number of nitrogens with zero attached hydrogens (tertiary/aromatic N) is 3. The second-order valence-corrected chi connectivity index (χ2v) is 6.56. The molecule has 27 heavy (non-hydrogen) atoms. The Morgan fingerprint density at radius 1 is 0.741 bits per heavy atom. The molecule has 0 radical (unpaired) electrons. The van der Waals surface area contributed by atoms with Crippen molar-refractivity contribution in [1.82, 2.24) is 14.0 Å². The van der Waals surface area contributed by atoms with Gasteiger partial charge in [0.2, 0.25) is 5.78 Å². The van der Waals surface area contributed by atoms with Crippen LogP contribution in [0.5, 0.6) is 0 Å². The lowest BCUT2D eigenvalue weighted by molar-refractivity contribution is 0.942. The fraction of sp³-hybridized carbons (Fsp3) is 0.0455. The van der Waals surface area contributed by atoms with Crippen LogP contribution in [0.2, 0.25) is 0 Å². The molecule has 130 valence electrons. The highest BCUT2D eigenvalue weighted by atomic mass is 16.1. The molecular weight excluding hydrogens is 338 g/mol. The van der Waals surface area contributed by atoms with Crippen LogP contribution in [0.25, 0.3) is 33.3 Å². The molecule has 0 aliphatic carbocycles. The molecule has 5 nitrogen and oxygen atoms in total. The lowest BCUT2D eigenvalue weighted by atomic mass is 10.2. The van der Waals surface area contributed by atoms with Crippen molar-refractivity contribution >= 4 is 27.6 Å². The summed E-state index contributed by atoms with van der Waals surface area (Å²) in [4.78, 5) is 31.2. The maximum atomic E-state index is 13.3. The number of fused-ring (bicyclic) bond motifs is 4. The molecule has 0 aliphatic rings. The Labute approximate surface area is 153 Å². The van der Waals surface area contributed by atoms with E-state index in [1.165, 1.54) is 8.97 Å². The van der Waals surface area contributed by atoms with Gasteiger partial charge in [0, 0.05) is 0 Å². The zero-order chi connectivity index (χ0) is 18.5. The third kappa shape index (κ3) is 2.22. The van der Waals surface area contributed by atoms with Crippen molar-refractivity contribution < 1.29 is 0 Å². The zero-order valence-corrected chi connectivity index (χ0v) is 14.6. The summed E-state index contributed by atoms with van der Waals surface area (Å²) in [5.74, 6) is 0.311.